The number of hydroxylamine groups is 3. The number of aromatic hydroxyl groups is 1. The van der Waals surface area contributed by atoms with E-state index in [-0.39, 0.29) is 28.4 Å². The van der Waals surface area contributed by atoms with Gasteiger partial charge in [0.1, 0.15) is 24.8 Å². The van der Waals surface area contributed by atoms with E-state index in [1.165, 1.54) is 6.08 Å². The quantitative estimate of drug-likeness (QED) is 0.437. The number of aliphatic hydroxyl groups is 1. The normalized spacial score (nSPS) is 38.0. The molecule has 1 aromatic carbocycles. The summed E-state index contributed by atoms with van der Waals surface area (Å²) >= 11 is 0. The average Bonchev–Trinajstić information content (AvgIpc) is 3.36. The summed E-state index contributed by atoms with van der Waals surface area (Å²) in [7, 11) is 1.78. The highest BCUT2D eigenvalue weighted by Crippen LogP contribution is 2.66. The molecule has 3 aliphatic carbocycles. The van der Waals surface area contributed by atoms with Crippen LogP contribution in [0.2, 0.25) is 0 Å². The highest BCUT2D eigenvalue weighted by molar-refractivity contribution is 5.91. The van der Waals surface area contributed by atoms with Gasteiger partial charge in [0.15, 0.2) is 17.5 Å². The fraction of sp³-hybridized carbons (Fsp3) is 0.536. The van der Waals surface area contributed by atoms with Crippen molar-refractivity contribution >= 4 is 12.0 Å². The molecule has 3 N–H and O–H groups in total. The second kappa shape index (κ2) is 7.37. The Labute approximate surface area is 209 Å². The fourth-order valence-corrected chi connectivity index (χ4v) is 7.97. The number of furan rings is 1. The van der Waals surface area contributed by atoms with Crippen LogP contribution in [0, 0.1) is 5.92 Å². The number of carbonyl (C=O) groups excluding carboxylic acids is 1. The van der Waals surface area contributed by atoms with E-state index in [0.717, 1.165) is 29.5 Å². The van der Waals surface area contributed by atoms with Crippen LogP contribution in [0.5, 0.6) is 11.5 Å². The van der Waals surface area contributed by atoms with Crippen molar-refractivity contribution in [2.45, 2.75) is 67.7 Å². The van der Waals surface area contributed by atoms with E-state index in [1.807, 2.05) is 6.07 Å². The number of phenolic OH excluding ortho intramolecular Hbond substituents is 1. The number of benzene rings is 1. The summed E-state index contributed by atoms with van der Waals surface area (Å²) in [5.74, 6) is 0.869. The minimum atomic E-state index is -1.18. The lowest BCUT2D eigenvalue weighted by Crippen LogP contribution is -2.82. The highest BCUT2D eigenvalue weighted by Gasteiger charge is 2.77. The first-order valence-corrected chi connectivity index (χ1v) is 13.1. The molecule has 2 aromatic rings. The van der Waals surface area contributed by atoms with Crippen LogP contribution in [0.4, 0.5) is 0 Å². The molecule has 1 saturated heterocycles. The van der Waals surface area contributed by atoms with Crippen LogP contribution in [0.15, 0.2) is 41.2 Å². The zero-order chi connectivity index (χ0) is 24.9. The molecule has 2 saturated carbocycles. The lowest BCUT2D eigenvalue weighted by atomic mass is 9.48. The third-order valence-electron chi connectivity index (χ3n) is 9.86. The van der Waals surface area contributed by atoms with Gasteiger partial charge in [-0.3, -0.25) is 4.79 Å². The van der Waals surface area contributed by atoms with E-state index in [9.17, 15) is 20.2 Å². The molecule has 190 valence electrons. The van der Waals surface area contributed by atoms with Gasteiger partial charge in [-0.25, -0.2) is 5.21 Å². The third kappa shape index (κ3) is 2.83. The second-order valence-electron chi connectivity index (χ2n) is 11.6. The molecule has 1 amide bonds. The minimum absolute atomic E-state index is 0.0687. The molecule has 0 radical (unpaired) electrons. The molecular formula is C28H33N2O6+. The number of carbonyl (C=O) groups is 1. The summed E-state index contributed by atoms with van der Waals surface area (Å²) in [6.45, 7) is 1.21. The van der Waals surface area contributed by atoms with Gasteiger partial charge in [-0.1, -0.05) is 6.07 Å². The number of hydrogen-bond acceptors (Lipinski definition) is 6. The number of nitrogens with zero attached hydrogens (tertiary/aromatic N) is 2. The summed E-state index contributed by atoms with van der Waals surface area (Å²) in [6, 6.07) is 4.73. The van der Waals surface area contributed by atoms with E-state index in [1.54, 1.807) is 42.7 Å². The SMILES string of the molecule is CN(C(=O)/C=C/c1ccoc1)[C@H]1CC[C@]2(O)[C@@H]3Cc4ccc(O)c5c4[C@]2(CC[N+]3(O)CC2CC2)[C@@H]1O5. The number of hydrogen-bond donors (Lipinski definition) is 3. The second-order valence-corrected chi connectivity index (χ2v) is 11.6. The Morgan fingerprint density at radius 1 is 1.25 bits per heavy atom. The monoisotopic (exact) mass is 493 g/mol. The van der Waals surface area contributed by atoms with Crippen LogP contribution < -0.4 is 4.74 Å². The van der Waals surface area contributed by atoms with Gasteiger partial charge in [0.25, 0.3) is 0 Å². The number of likely N-dealkylation sites (tertiary alicyclic amines) is 1. The average molecular weight is 494 g/mol. The van der Waals surface area contributed by atoms with Crippen molar-refractivity contribution in [3.63, 3.8) is 0 Å². The van der Waals surface area contributed by atoms with E-state index in [0.29, 0.717) is 50.4 Å². The minimum Gasteiger partial charge on any atom is -0.504 e. The van der Waals surface area contributed by atoms with E-state index in [2.05, 4.69) is 0 Å². The van der Waals surface area contributed by atoms with E-state index >= 15 is 0 Å². The van der Waals surface area contributed by atoms with Crippen molar-refractivity contribution in [2.75, 3.05) is 20.1 Å². The Bertz CT molecular complexity index is 1250. The van der Waals surface area contributed by atoms with Crippen molar-refractivity contribution in [1.82, 2.24) is 4.90 Å². The maximum atomic E-state index is 13.2. The molecule has 3 fully saturated rings. The van der Waals surface area contributed by atoms with Crippen LogP contribution in [-0.4, -0.2) is 74.8 Å². The Balaban J connectivity index is 1.30. The van der Waals surface area contributed by atoms with Crippen LogP contribution in [-0.2, 0) is 16.6 Å². The summed E-state index contributed by atoms with van der Waals surface area (Å²) < 4.78 is 11.5. The zero-order valence-corrected chi connectivity index (χ0v) is 20.5. The predicted octanol–water partition coefficient (Wildman–Crippen LogP) is 2.99. The molecule has 5 aliphatic rings. The van der Waals surface area contributed by atoms with E-state index < -0.39 is 17.1 Å². The summed E-state index contributed by atoms with van der Waals surface area (Å²) in [6.07, 6.45) is 10.3. The Kier molecular flexibility index (Phi) is 4.58. The molecule has 8 nitrogen and oxygen atoms in total. The first-order chi connectivity index (χ1) is 17.3. The Morgan fingerprint density at radius 2 is 2.08 bits per heavy atom. The summed E-state index contributed by atoms with van der Waals surface area (Å²) in [5, 5.41) is 35.3. The van der Waals surface area contributed by atoms with Crippen molar-refractivity contribution in [3.8, 4) is 11.5 Å². The first-order valence-electron chi connectivity index (χ1n) is 13.1. The van der Waals surface area contributed by atoms with Crippen molar-refractivity contribution in [1.29, 1.82) is 0 Å². The fourth-order valence-electron chi connectivity index (χ4n) is 7.97. The molecule has 1 spiro atoms. The number of phenols is 1. The topological polar surface area (TPSA) is 103 Å². The van der Waals surface area contributed by atoms with Gasteiger partial charge in [0.05, 0.1) is 24.0 Å². The number of amides is 1. The standard InChI is InChI=1S/C28H32N2O6/c1-29(23(32)7-4-18-9-13-35-16-18)20-8-10-28(33)22-14-19-5-6-21(31)25-24(19)27(28,26(20)36-25)11-12-30(22,34)15-17-2-3-17/h4-7,9,13,16-17,20,22,26,33-34H,2-3,8,10-12,14-15H2,1H3/p+1/b7-4+/t20-,22-,26+,27+,28-,30?/m0/s1. The molecule has 3 heterocycles. The van der Waals surface area contributed by atoms with Gasteiger partial charge < -0.3 is 24.3 Å². The number of likely N-dealkylation sites (N-methyl/N-ethyl adjacent to an activating group) is 1. The van der Waals surface area contributed by atoms with Gasteiger partial charge in [0.2, 0.25) is 5.91 Å². The van der Waals surface area contributed by atoms with E-state index in [4.69, 9.17) is 9.15 Å². The smallest absolute Gasteiger partial charge is 0.246 e. The molecule has 1 unspecified atom stereocenters. The Hall–Kier alpha value is -2.81. The van der Waals surface area contributed by atoms with Crippen LogP contribution in [0.25, 0.3) is 6.08 Å². The molecule has 2 aliphatic heterocycles. The van der Waals surface area contributed by atoms with Gasteiger partial charge in [0, 0.05) is 43.0 Å². The number of quaternary nitrogens is 1. The van der Waals surface area contributed by atoms with Gasteiger partial charge in [-0.2, -0.15) is 4.65 Å². The molecular weight excluding hydrogens is 460 g/mol. The molecule has 1 aromatic heterocycles. The van der Waals surface area contributed by atoms with Crippen molar-refractivity contribution < 1.29 is 34.0 Å². The van der Waals surface area contributed by atoms with Gasteiger partial charge in [-0.15, -0.1) is 0 Å². The molecule has 36 heavy (non-hydrogen) atoms. The number of rotatable bonds is 5. The lowest BCUT2D eigenvalue weighted by Gasteiger charge is -2.64. The molecule has 2 bridgehead atoms. The predicted molar refractivity (Wildman–Crippen MR) is 129 cm³/mol. The van der Waals surface area contributed by atoms with Gasteiger partial charge >= 0.3 is 0 Å². The van der Waals surface area contributed by atoms with Crippen LogP contribution >= 0.6 is 0 Å². The van der Waals surface area contributed by atoms with Crippen molar-refractivity contribution in [3.05, 3.63) is 53.5 Å². The molecule has 6 atom stereocenters. The zero-order valence-electron chi connectivity index (χ0n) is 20.5. The first kappa shape index (κ1) is 22.4. The van der Waals surface area contributed by atoms with Crippen LogP contribution in [0.3, 0.4) is 0 Å². The number of piperidine rings is 1. The summed E-state index contributed by atoms with van der Waals surface area (Å²) in [5.41, 5.74) is 0.769. The Morgan fingerprint density at radius 3 is 2.83 bits per heavy atom. The van der Waals surface area contributed by atoms with Gasteiger partial charge in [-0.05, 0) is 49.5 Å². The summed E-state index contributed by atoms with van der Waals surface area (Å²) in [4.78, 5) is 14.9. The third-order valence-corrected chi connectivity index (χ3v) is 9.86. The maximum Gasteiger partial charge on any atom is 0.246 e. The maximum absolute atomic E-state index is 13.2. The molecule has 8 heteroatoms. The largest absolute Gasteiger partial charge is 0.504 e. The lowest BCUT2D eigenvalue weighted by molar-refractivity contribution is -1.13. The number of ether oxygens (including phenoxy) is 1. The van der Waals surface area contributed by atoms with Crippen LogP contribution in [0.1, 0.15) is 48.8 Å². The highest BCUT2D eigenvalue weighted by atomic mass is 16.6. The van der Waals surface area contributed by atoms with Crippen molar-refractivity contribution in [2.24, 2.45) is 5.92 Å². The molecule has 7 rings (SSSR count).